The lowest BCUT2D eigenvalue weighted by atomic mass is 9.86. The lowest BCUT2D eigenvalue weighted by molar-refractivity contribution is -0.165. The van der Waals surface area contributed by atoms with E-state index in [1.807, 2.05) is 0 Å². The van der Waals surface area contributed by atoms with Crippen molar-refractivity contribution in [1.82, 2.24) is 10.6 Å². The molecule has 29 heavy (non-hydrogen) atoms. The van der Waals surface area contributed by atoms with Crippen LogP contribution in [0.2, 0.25) is 0 Å². The van der Waals surface area contributed by atoms with Gasteiger partial charge in [0.15, 0.2) is 6.10 Å². The Morgan fingerprint density at radius 2 is 1.97 bits per heavy atom. The third kappa shape index (κ3) is 9.09. The van der Waals surface area contributed by atoms with Crippen molar-refractivity contribution in [2.24, 2.45) is 11.1 Å². The highest BCUT2D eigenvalue weighted by Crippen LogP contribution is 2.25. The van der Waals surface area contributed by atoms with Gasteiger partial charge in [-0.05, 0) is 13.0 Å². The van der Waals surface area contributed by atoms with E-state index in [0.717, 1.165) is 23.9 Å². The van der Waals surface area contributed by atoms with Crippen molar-refractivity contribution >= 4 is 40.6 Å². The molecule has 0 aromatic heterocycles. The lowest BCUT2D eigenvalue weighted by Crippen LogP contribution is -2.49. The Labute approximate surface area is 173 Å². The first-order chi connectivity index (χ1) is 13.5. The van der Waals surface area contributed by atoms with E-state index in [9.17, 15) is 24.0 Å². The number of nitrogens with two attached hydrogens (primary N) is 1. The van der Waals surface area contributed by atoms with E-state index >= 15 is 0 Å². The van der Waals surface area contributed by atoms with E-state index in [4.69, 9.17) is 15.2 Å². The molecule has 0 unspecified atom stereocenters. The molecule has 0 aromatic carbocycles. The summed E-state index contributed by atoms with van der Waals surface area (Å²) in [7, 11) is 0. The molecule has 1 aliphatic heterocycles. The fourth-order valence-electron chi connectivity index (χ4n) is 2.19. The number of hydrogen-bond acceptors (Lipinski definition) is 9. The Kier molecular flexibility index (Phi) is 9.83. The van der Waals surface area contributed by atoms with Gasteiger partial charge in [0.1, 0.15) is 12.6 Å². The fraction of sp³-hybridized carbons (Fsp3) is 0.611. The number of esters is 2. The average Bonchev–Trinajstić information content (AvgIpc) is 2.65. The minimum Gasteiger partial charge on any atom is -0.464 e. The smallest absolute Gasteiger partial charge is 0.331 e. The molecule has 0 saturated carbocycles. The van der Waals surface area contributed by atoms with E-state index in [2.05, 4.69) is 10.6 Å². The molecule has 0 aliphatic carbocycles. The van der Waals surface area contributed by atoms with Gasteiger partial charge in [0.25, 0.3) is 5.91 Å². The van der Waals surface area contributed by atoms with E-state index < -0.39 is 40.5 Å². The van der Waals surface area contributed by atoms with E-state index in [0.29, 0.717) is 5.75 Å². The van der Waals surface area contributed by atoms with Crippen molar-refractivity contribution in [3.8, 4) is 0 Å². The van der Waals surface area contributed by atoms with Crippen LogP contribution in [0.15, 0.2) is 12.2 Å². The minimum atomic E-state index is -1.34. The van der Waals surface area contributed by atoms with Gasteiger partial charge >= 0.3 is 11.9 Å². The quantitative estimate of drug-likeness (QED) is 0.491. The molecule has 2 amide bonds. The number of hydrogen-bond donors (Lipinski definition) is 3. The van der Waals surface area contributed by atoms with Gasteiger partial charge in [0, 0.05) is 36.8 Å². The Morgan fingerprint density at radius 1 is 1.28 bits per heavy atom. The zero-order valence-electron chi connectivity index (χ0n) is 16.7. The van der Waals surface area contributed by atoms with Crippen LogP contribution >= 0.6 is 11.8 Å². The zero-order chi connectivity index (χ0) is 22.0. The molecular weight excluding hydrogens is 402 g/mol. The van der Waals surface area contributed by atoms with Crippen LogP contribution in [0.5, 0.6) is 0 Å². The third-order valence-electron chi connectivity index (χ3n) is 3.82. The molecule has 162 valence electrons. The molecule has 0 radical (unpaired) electrons. The second kappa shape index (κ2) is 11.6. The highest BCUT2D eigenvalue weighted by atomic mass is 32.2. The first-order valence-electron chi connectivity index (χ1n) is 9.05. The van der Waals surface area contributed by atoms with Crippen LogP contribution in [0.3, 0.4) is 0 Å². The Hall–Kier alpha value is -2.40. The molecular formula is C18H27N3O7S. The topological polar surface area (TPSA) is 154 Å². The maximum absolute atomic E-state index is 12.6. The van der Waals surface area contributed by atoms with E-state index in [1.54, 1.807) is 13.8 Å². The first kappa shape index (κ1) is 24.6. The van der Waals surface area contributed by atoms with Crippen LogP contribution in [-0.2, 0) is 33.4 Å². The Bertz CT molecular complexity index is 676. The zero-order valence-corrected chi connectivity index (χ0v) is 17.5. The van der Waals surface area contributed by atoms with Crippen LogP contribution in [0.4, 0.5) is 0 Å². The van der Waals surface area contributed by atoms with E-state index in [1.165, 1.54) is 6.92 Å². The SMILES string of the molecule is C[C@H](N)C(=O)OCC(C)(C)[C@H]1OC(=O)/C=C/C(=O)SCCNC(=O)CCNC1=O. The van der Waals surface area contributed by atoms with Crippen LogP contribution in [0.25, 0.3) is 0 Å². The predicted molar refractivity (Wildman–Crippen MR) is 106 cm³/mol. The molecule has 0 bridgehead atoms. The third-order valence-corrected chi connectivity index (χ3v) is 4.64. The number of carbonyl (C=O) groups is 5. The number of thioether (sulfide) groups is 1. The van der Waals surface area contributed by atoms with Crippen molar-refractivity contribution in [3.05, 3.63) is 12.2 Å². The fourth-order valence-corrected chi connectivity index (χ4v) is 2.76. The van der Waals surface area contributed by atoms with Crippen LogP contribution < -0.4 is 16.4 Å². The second-order valence-corrected chi connectivity index (χ2v) is 8.19. The van der Waals surface area contributed by atoms with Crippen molar-refractivity contribution in [2.45, 2.75) is 39.3 Å². The van der Waals surface area contributed by atoms with Crippen LogP contribution in [-0.4, -0.2) is 66.5 Å². The highest BCUT2D eigenvalue weighted by molar-refractivity contribution is 8.14. The Morgan fingerprint density at radius 3 is 2.62 bits per heavy atom. The summed E-state index contributed by atoms with van der Waals surface area (Å²) in [5, 5.41) is 4.77. The first-order valence-corrected chi connectivity index (χ1v) is 10.0. The van der Waals surface area contributed by atoms with Gasteiger partial charge in [0.2, 0.25) is 11.0 Å². The maximum Gasteiger partial charge on any atom is 0.331 e. The molecule has 1 aliphatic rings. The number of cyclic esters (lactones) is 1. The molecule has 1 heterocycles. The van der Waals surface area contributed by atoms with Crippen molar-refractivity contribution in [2.75, 3.05) is 25.4 Å². The number of ether oxygens (including phenoxy) is 2. The van der Waals surface area contributed by atoms with Crippen molar-refractivity contribution in [3.63, 3.8) is 0 Å². The van der Waals surface area contributed by atoms with Crippen molar-refractivity contribution in [1.29, 1.82) is 0 Å². The molecule has 0 saturated heterocycles. The Balaban J connectivity index is 2.98. The molecule has 1 rings (SSSR count). The highest BCUT2D eigenvalue weighted by Gasteiger charge is 2.39. The number of nitrogens with one attached hydrogen (secondary N) is 2. The predicted octanol–water partition coefficient (Wildman–Crippen LogP) is -0.733. The number of rotatable bonds is 4. The van der Waals surface area contributed by atoms with Crippen LogP contribution in [0.1, 0.15) is 27.2 Å². The van der Waals surface area contributed by atoms with Gasteiger partial charge in [0.05, 0.1) is 0 Å². The normalized spacial score (nSPS) is 22.3. The summed E-state index contributed by atoms with van der Waals surface area (Å²) in [6, 6.07) is -0.847. The number of amides is 2. The van der Waals surface area contributed by atoms with Gasteiger partial charge < -0.3 is 25.8 Å². The summed E-state index contributed by atoms with van der Waals surface area (Å²) < 4.78 is 10.3. The molecule has 4 N–H and O–H groups in total. The summed E-state index contributed by atoms with van der Waals surface area (Å²) in [4.78, 5) is 59.9. The monoisotopic (exact) mass is 429 g/mol. The van der Waals surface area contributed by atoms with Crippen molar-refractivity contribution < 1.29 is 33.4 Å². The maximum atomic E-state index is 12.6. The van der Waals surface area contributed by atoms with Gasteiger partial charge in [-0.25, -0.2) is 4.79 Å². The minimum absolute atomic E-state index is 0.0172. The lowest BCUT2D eigenvalue weighted by Gasteiger charge is -2.32. The van der Waals surface area contributed by atoms with Gasteiger partial charge in [-0.1, -0.05) is 25.6 Å². The molecule has 0 fully saturated rings. The molecule has 11 heteroatoms. The molecule has 0 aromatic rings. The molecule has 0 spiro atoms. The number of carbonyl (C=O) groups excluding carboxylic acids is 5. The van der Waals surface area contributed by atoms with E-state index in [-0.39, 0.29) is 32.0 Å². The summed E-state index contributed by atoms with van der Waals surface area (Å²) >= 11 is 0.933. The summed E-state index contributed by atoms with van der Waals surface area (Å²) in [5.41, 5.74) is 4.35. The standard InChI is InChI=1S/C18H27N3O7S/c1-11(19)17(26)27-10-18(2,3)15-16(25)21-7-6-12(22)20-8-9-29-14(24)5-4-13(23)28-15/h4-5,11,15H,6-10,19H2,1-3H3,(H,20,22)(H,21,25)/b5-4+/t11-,15-/m0/s1. The largest absolute Gasteiger partial charge is 0.464 e. The van der Waals surface area contributed by atoms with Gasteiger partial charge in [-0.2, -0.15) is 0 Å². The average molecular weight is 429 g/mol. The summed E-state index contributed by atoms with van der Waals surface area (Å²) in [6.07, 6.45) is 0.643. The summed E-state index contributed by atoms with van der Waals surface area (Å²) in [5.74, 6) is -2.16. The van der Waals surface area contributed by atoms with Gasteiger partial charge in [-0.15, -0.1) is 0 Å². The molecule has 2 atom stereocenters. The van der Waals surface area contributed by atoms with Gasteiger partial charge in [-0.3, -0.25) is 19.2 Å². The second-order valence-electron chi connectivity index (χ2n) is 7.09. The molecule has 10 nitrogen and oxygen atoms in total. The summed E-state index contributed by atoms with van der Waals surface area (Å²) in [6.45, 7) is 4.67. The van der Waals surface area contributed by atoms with Crippen LogP contribution in [0, 0.1) is 5.41 Å².